The summed E-state index contributed by atoms with van der Waals surface area (Å²) in [5.74, 6) is 0. The lowest BCUT2D eigenvalue weighted by Gasteiger charge is -2.17. The van der Waals surface area contributed by atoms with Gasteiger partial charge in [-0.2, -0.15) is 0 Å². The molecule has 1 unspecified atom stereocenters. The van der Waals surface area contributed by atoms with E-state index >= 15 is 0 Å². The molecule has 2 rings (SSSR count). The number of rotatable bonds is 6. The summed E-state index contributed by atoms with van der Waals surface area (Å²) in [4.78, 5) is 6.10. The number of hydrogen-bond donors (Lipinski definition) is 1. The monoisotopic (exact) mass is 290 g/mol. The van der Waals surface area contributed by atoms with Crippen molar-refractivity contribution in [1.29, 1.82) is 0 Å². The maximum absolute atomic E-state index is 5.30. The van der Waals surface area contributed by atoms with E-state index in [0.717, 1.165) is 11.4 Å². The van der Waals surface area contributed by atoms with Gasteiger partial charge in [0.2, 0.25) is 0 Å². The van der Waals surface area contributed by atoms with Crippen molar-refractivity contribution in [1.82, 2.24) is 10.3 Å². The van der Waals surface area contributed by atoms with Crippen LogP contribution in [-0.2, 0) is 17.8 Å². The molecular formula is C16H22N2OS. The van der Waals surface area contributed by atoms with Crippen LogP contribution in [0.1, 0.15) is 39.7 Å². The second kappa shape index (κ2) is 6.97. The maximum atomic E-state index is 5.30. The Bertz CT molecular complexity index is 565. The average Bonchev–Trinajstić information content (AvgIpc) is 2.83. The molecule has 1 aromatic carbocycles. The SMILES string of the molecule is CCc1nc(C(NC)c2ccccc2COC)sc1C. The van der Waals surface area contributed by atoms with Gasteiger partial charge in [0.25, 0.3) is 0 Å². The van der Waals surface area contributed by atoms with E-state index in [0.29, 0.717) is 6.61 Å². The highest BCUT2D eigenvalue weighted by Crippen LogP contribution is 2.30. The number of hydrogen-bond acceptors (Lipinski definition) is 4. The third kappa shape index (κ3) is 3.08. The van der Waals surface area contributed by atoms with Gasteiger partial charge >= 0.3 is 0 Å². The summed E-state index contributed by atoms with van der Waals surface area (Å²) in [6.07, 6.45) is 0.985. The summed E-state index contributed by atoms with van der Waals surface area (Å²) in [5, 5.41) is 4.52. The Morgan fingerprint density at radius 3 is 2.70 bits per heavy atom. The predicted molar refractivity (Wildman–Crippen MR) is 84.3 cm³/mol. The first kappa shape index (κ1) is 15.2. The van der Waals surface area contributed by atoms with E-state index in [2.05, 4.69) is 43.4 Å². The molecule has 108 valence electrons. The zero-order chi connectivity index (χ0) is 14.5. The summed E-state index contributed by atoms with van der Waals surface area (Å²) in [6, 6.07) is 8.52. The predicted octanol–water partition coefficient (Wildman–Crippen LogP) is 3.47. The molecular weight excluding hydrogens is 268 g/mol. The fourth-order valence-corrected chi connectivity index (χ4v) is 3.56. The lowest BCUT2D eigenvalue weighted by Crippen LogP contribution is -2.19. The van der Waals surface area contributed by atoms with Crippen LogP contribution < -0.4 is 5.32 Å². The zero-order valence-corrected chi connectivity index (χ0v) is 13.4. The minimum atomic E-state index is 0.130. The van der Waals surface area contributed by atoms with Crippen molar-refractivity contribution in [2.75, 3.05) is 14.2 Å². The Balaban J connectivity index is 2.41. The second-order valence-corrected chi connectivity index (χ2v) is 6.00. The van der Waals surface area contributed by atoms with Gasteiger partial charge in [0.05, 0.1) is 18.3 Å². The Morgan fingerprint density at radius 2 is 2.10 bits per heavy atom. The number of aromatic nitrogens is 1. The van der Waals surface area contributed by atoms with Crippen LogP contribution in [0.15, 0.2) is 24.3 Å². The van der Waals surface area contributed by atoms with E-state index < -0.39 is 0 Å². The number of nitrogens with zero attached hydrogens (tertiary/aromatic N) is 1. The van der Waals surface area contributed by atoms with Gasteiger partial charge in [-0.3, -0.25) is 0 Å². The summed E-state index contributed by atoms with van der Waals surface area (Å²) in [7, 11) is 3.71. The molecule has 0 radical (unpaired) electrons. The first-order chi connectivity index (χ1) is 9.71. The van der Waals surface area contributed by atoms with Gasteiger partial charge in [-0.1, -0.05) is 31.2 Å². The number of methoxy groups -OCH3 is 1. The minimum absolute atomic E-state index is 0.130. The zero-order valence-electron chi connectivity index (χ0n) is 12.6. The van der Waals surface area contributed by atoms with Crippen LogP contribution in [0.5, 0.6) is 0 Å². The maximum Gasteiger partial charge on any atom is 0.115 e. The lowest BCUT2D eigenvalue weighted by molar-refractivity contribution is 0.184. The molecule has 1 heterocycles. The fraction of sp³-hybridized carbons (Fsp3) is 0.438. The summed E-state index contributed by atoms with van der Waals surface area (Å²) in [6.45, 7) is 4.92. The number of nitrogens with one attached hydrogen (secondary N) is 1. The van der Waals surface area contributed by atoms with Crippen molar-refractivity contribution in [2.24, 2.45) is 0 Å². The Morgan fingerprint density at radius 1 is 1.35 bits per heavy atom. The smallest absolute Gasteiger partial charge is 0.115 e. The van der Waals surface area contributed by atoms with E-state index in [1.807, 2.05) is 7.05 Å². The van der Waals surface area contributed by atoms with Crippen LogP contribution in [0.4, 0.5) is 0 Å². The largest absolute Gasteiger partial charge is 0.380 e. The highest BCUT2D eigenvalue weighted by molar-refractivity contribution is 7.11. The van der Waals surface area contributed by atoms with E-state index in [9.17, 15) is 0 Å². The van der Waals surface area contributed by atoms with Crippen LogP contribution in [-0.4, -0.2) is 19.1 Å². The molecule has 0 aliphatic carbocycles. The molecule has 0 amide bonds. The van der Waals surface area contributed by atoms with Crippen molar-refractivity contribution in [3.8, 4) is 0 Å². The summed E-state index contributed by atoms with van der Waals surface area (Å²) in [5.41, 5.74) is 3.66. The molecule has 1 aromatic heterocycles. The Kier molecular flexibility index (Phi) is 5.29. The lowest BCUT2D eigenvalue weighted by atomic mass is 10.0. The van der Waals surface area contributed by atoms with E-state index in [-0.39, 0.29) is 6.04 Å². The van der Waals surface area contributed by atoms with Gasteiger partial charge in [0.15, 0.2) is 0 Å². The van der Waals surface area contributed by atoms with Gasteiger partial charge in [-0.05, 0) is 31.5 Å². The minimum Gasteiger partial charge on any atom is -0.380 e. The molecule has 20 heavy (non-hydrogen) atoms. The first-order valence-electron chi connectivity index (χ1n) is 6.91. The van der Waals surface area contributed by atoms with Gasteiger partial charge in [0, 0.05) is 12.0 Å². The molecule has 0 bridgehead atoms. The number of aryl methyl sites for hydroxylation is 2. The average molecular weight is 290 g/mol. The van der Waals surface area contributed by atoms with Crippen molar-refractivity contribution in [3.63, 3.8) is 0 Å². The Labute approximate surface area is 125 Å². The normalized spacial score (nSPS) is 12.6. The summed E-state index contributed by atoms with van der Waals surface area (Å²) >= 11 is 1.78. The van der Waals surface area contributed by atoms with Crippen LogP contribution in [0.3, 0.4) is 0 Å². The first-order valence-corrected chi connectivity index (χ1v) is 7.73. The van der Waals surface area contributed by atoms with Crippen LogP contribution >= 0.6 is 11.3 Å². The topological polar surface area (TPSA) is 34.2 Å². The molecule has 0 saturated carbocycles. The van der Waals surface area contributed by atoms with Gasteiger partial charge in [-0.15, -0.1) is 11.3 Å². The summed E-state index contributed by atoms with van der Waals surface area (Å²) < 4.78 is 5.30. The molecule has 0 fully saturated rings. The molecule has 0 spiro atoms. The second-order valence-electron chi connectivity index (χ2n) is 4.76. The van der Waals surface area contributed by atoms with Gasteiger partial charge < -0.3 is 10.1 Å². The molecule has 4 heteroatoms. The number of ether oxygens (including phenoxy) is 1. The van der Waals surface area contributed by atoms with E-state index in [1.54, 1.807) is 18.4 Å². The van der Waals surface area contributed by atoms with Crippen molar-refractivity contribution in [2.45, 2.75) is 32.9 Å². The molecule has 1 atom stereocenters. The van der Waals surface area contributed by atoms with Crippen LogP contribution in [0.2, 0.25) is 0 Å². The molecule has 0 aliphatic heterocycles. The molecule has 3 nitrogen and oxygen atoms in total. The van der Waals surface area contributed by atoms with Gasteiger partial charge in [-0.25, -0.2) is 4.98 Å². The fourth-order valence-electron chi connectivity index (χ4n) is 2.42. The van der Waals surface area contributed by atoms with Crippen molar-refractivity contribution in [3.05, 3.63) is 51.0 Å². The van der Waals surface area contributed by atoms with Crippen molar-refractivity contribution < 1.29 is 4.74 Å². The van der Waals surface area contributed by atoms with Crippen LogP contribution in [0.25, 0.3) is 0 Å². The number of benzene rings is 1. The quantitative estimate of drug-likeness (QED) is 0.884. The van der Waals surface area contributed by atoms with Gasteiger partial charge in [0.1, 0.15) is 5.01 Å². The molecule has 2 aromatic rings. The molecule has 1 N–H and O–H groups in total. The van der Waals surface area contributed by atoms with Crippen molar-refractivity contribution >= 4 is 11.3 Å². The third-order valence-corrected chi connectivity index (χ3v) is 4.52. The molecule has 0 aliphatic rings. The Hall–Kier alpha value is -1.23. The third-order valence-electron chi connectivity index (χ3n) is 3.45. The highest BCUT2D eigenvalue weighted by atomic mass is 32.1. The standard InChI is InChI=1S/C16H22N2OS/c1-5-14-11(2)20-16(18-14)15(17-3)13-9-7-6-8-12(13)10-19-4/h6-9,15,17H,5,10H2,1-4H3. The van der Waals surface area contributed by atoms with E-state index in [4.69, 9.17) is 9.72 Å². The van der Waals surface area contributed by atoms with E-state index in [1.165, 1.54) is 21.7 Å². The van der Waals surface area contributed by atoms with Crippen LogP contribution in [0, 0.1) is 6.92 Å². The molecule has 0 saturated heterocycles. The highest BCUT2D eigenvalue weighted by Gasteiger charge is 2.20. The number of thiazole rings is 1.